The quantitative estimate of drug-likeness (QED) is 0.376. The average Bonchev–Trinajstić information content (AvgIpc) is 3.19. The van der Waals surface area contributed by atoms with Crippen molar-refractivity contribution in [1.29, 1.82) is 0 Å². The zero-order valence-corrected chi connectivity index (χ0v) is 20.7. The number of carbonyl (C=O) groups is 1. The summed E-state index contributed by atoms with van der Waals surface area (Å²) in [5.74, 6) is -0.362. The Morgan fingerprint density at radius 1 is 1.15 bits per heavy atom. The van der Waals surface area contributed by atoms with Gasteiger partial charge >= 0.3 is 6.18 Å². The number of halogens is 5. The molecule has 1 aromatic heterocycles. The van der Waals surface area contributed by atoms with Crippen LogP contribution >= 0.6 is 39.7 Å². The number of nitrogens with zero attached hydrogens (tertiary/aromatic N) is 3. The van der Waals surface area contributed by atoms with Crippen molar-refractivity contribution in [2.75, 3.05) is 44.3 Å². The molecule has 0 bridgehead atoms. The van der Waals surface area contributed by atoms with Gasteiger partial charge in [0.25, 0.3) is 5.91 Å². The Balaban J connectivity index is 0.00000306. The van der Waals surface area contributed by atoms with Crippen LogP contribution in [0.1, 0.15) is 22.3 Å². The zero-order chi connectivity index (χ0) is 22.7. The number of rotatable bonds is 6. The molecule has 1 fully saturated rings. The van der Waals surface area contributed by atoms with E-state index in [-0.39, 0.29) is 23.9 Å². The predicted octanol–water partition coefficient (Wildman–Crippen LogP) is 5.87. The van der Waals surface area contributed by atoms with Crippen LogP contribution < -0.4 is 4.90 Å². The molecule has 2 heterocycles. The standard InChI is InChI=1S/C22H21BrF3N3O2S.ClH/c23-17-6-7-18-19(14-17)32-21(27-18)29(9-1-8-28-10-12-31-13-11-28)20(30)15-2-4-16(5-3-15)22(24,25)26;/h2-7,14H,1,8-13H2;1H. The molecule has 11 heteroatoms. The molecule has 0 aliphatic carbocycles. The van der Waals surface area contributed by atoms with Gasteiger partial charge in [0.1, 0.15) is 0 Å². The second-order valence-electron chi connectivity index (χ2n) is 7.45. The monoisotopic (exact) mass is 563 g/mol. The van der Waals surface area contributed by atoms with Gasteiger partial charge in [-0.2, -0.15) is 13.2 Å². The Labute approximate surface area is 208 Å². The minimum Gasteiger partial charge on any atom is -0.379 e. The maximum atomic E-state index is 13.3. The molecule has 0 N–H and O–H groups in total. The van der Waals surface area contributed by atoms with Crippen LogP contribution in [0.15, 0.2) is 46.9 Å². The second kappa shape index (κ2) is 11.1. The van der Waals surface area contributed by atoms with Crippen molar-refractivity contribution in [3.8, 4) is 0 Å². The SMILES string of the molecule is Cl.O=C(c1ccc(C(F)(F)F)cc1)N(CCCN1CCOCC1)c1nc2ccc(Br)cc2s1. The molecule has 3 aromatic rings. The summed E-state index contributed by atoms with van der Waals surface area (Å²) < 4.78 is 46.0. The summed E-state index contributed by atoms with van der Waals surface area (Å²) in [6.45, 7) is 4.31. The zero-order valence-electron chi connectivity index (χ0n) is 17.5. The van der Waals surface area contributed by atoms with Gasteiger partial charge in [-0.1, -0.05) is 27.3 Å². The van der Waals surface area contributed by atoms with E-state index in [1.807, 2.05) is 18.2 Å². The molecule has 1 aliphatic heterocycles. The van der Waals surface area contributed by atoms with E-state index in [0.29, 0.717) is 31.3 Å². The van der Waals surface area contributed by atoms with Gasteiger partial charge in [0, 0.05) is 36.2 Å². The third-order valence-electron chi connectivity index (χ3n) is 5.23. The van der Waals surface area contributed by atoms with Gasteiger partial charge in [0.2, 0.25) is 0 Å². The third kappa shape index (κ3) is 6.45. The minimum atomic E-state index is -4.44. The molecule has 0 radical (unpaired) electrons. The lowest BCUT2D eigenvalue weighted by atomic mass is 10.1. The fourth-order valence-electron chi connectivity index (χ4n) is 3.52. The number of hydrogen-bond acceptors (Lipinski definition) is 5. The highest BCUT2D eigenvalue weighted by atomic mass is 79.9. The van der Waals surface area contributed by atoms with Crippen LogP contribution in [0.3, 0.4) is 0 Å². The lowest BCUT2D eigenvalue weighted by molar-refractivity contribution is -0.137. The van der Waals surface area contributed by atoms with Crippen LogP contribution in [0.25, 0.3) is 10.2 Å². The summed E-state index contributed by atoms with van der Waals surface area (Å²) in [5, 5.41) is 0.532. The Morgan fingerprint density at radius 2 is 1.85 bits per heavy atom. The van der Waals surface area contributed by atoms with E-state index in [2.05, 4.69) is 25.8 Å². The molecule has 5 nitrogen and oxygen atoms in total. The Kier molecular flexibility index (Phi) is 8.74. The summed E-state index contributed by atoms with van der Waals surface area (Å²) in [7, 11) is 0. The van der Waals surface area contributed by atoms with E-state index in [4.69, 9.17) is 4.74 Å². The Bertz CT molecular complexity index is 1090. The lowest BCUT2D eigenvalue weighted by Gasteiger charge is -2.27. The summed E-state index contributed by atoms with van der Waals surface area (Å²) in [4.78, 5) is 21.8. The van der Waals surface area contributed by atoms with E-state index < -0.39 is 11.7 Å². The molecule has 1 aliphatic rings. The summed E-state index contributed by atoms with van der Waals surface area (Å²) in [6, 6.07) is 10.0. The van der Waals surface area contributed by atoms with Crippen LogP contribution in [0.5, 0.6) is 0 Å². The number of morpholine rings is 1. The summed E-state index contributed by atoms with van der Waals surface area (Å²) in [6.07, 6.45) is -3.73. The summed E-state index contributed by atoms with van der Waals surface area (Å²) >= 11 is 4.83. The first-order valence-electron chi connectivity index (χ1n) is 10.2. The average molecular weight is 565 g/mol. The number of aromatic nitrogens is 1. The molecule has 178 valence electrons. The highest BCUT2D eigenvalue weighted by Crippen LogP contribution is 2.33. The number of amides is 1. The molecule has 0 spiro atoms. The second-order valence-corrected chi connectivity index (χ2v) is 9.37. The topological polar surface area (TPSA) is 45.7 Å². The Morgan fingerprint density at radius 3 is 2.52 bits per heavy atom. The Hall–Kier alpha value is -1.72. The van der Waals surface area contributed by atoms with E-state index in [1.54, 1.807) is 4.90 Å². The van der Waals surface area contributed by atoms with Gasteiger partial charge in [-0.05, 0) is 48.9 Å². The van der Waals surface area contributed by atoms with Crippen molar-refractivity contribution in [2.45, 2.75) is 12.6 Å². The molecule has 2 aromatic carbocycles. The third-order valence-corrected chi connectivity index (χ3v) is 6.77. The highest BCUT2D eigenvalue weighted by Gasteiger charge is 2.31. The van der Waals surface area contributed by atoms with Crippen LogP contribution in [0, 0.1) is 0 Å². The van der Waals surface area contributed by atoms with Crippen molar-refractivity contribution in [3.05, 3.63) is 58.1 Å². The maximum absolute atomic E-state index is 13.3. The predicted molar refractivity (Wildman–Crippen MR) is 130 cm³/mol. The molecular weight excluding hydrogens is 543 g/mol. The molecule has 1 saturated heterocycles. The molecular formula is C22H22BrClF3N3O2S. The number of ether oxygens (including phenoxy) is 1. The lowest BCUT2D eigenvalue weighted by Crippen LogP contribution is -2.39. The molecule has 1 amide bonds. The van der Waals surface area contributed by atoms with Crippen molar-refractivity contribution >= 4 is 60.9 Å². The number of fused-ring (bicyclic) bond motifs is 1. The van der Waals surface area contributed by atoms with Gasteiger partial charge in [-0.3, -0.25) is 14.6 Å². The number of benzene rings is 2. The minimum absolute atomic E-state index is 0. The number of hydrogen-bond donors (Lipinski definition) is 0. The molecule has 0 atom stereocenters. The van der Waals surface area contributed by atoms with Crippen molar-refractivity contribution in [1.82, 2.24) is 9.88 Å². The van der Waals surface area contributed by atoms with Gasteiger partial charge in [-0.15, -0.1) is 12.4 Å². The van der Waals surface area contributed by atoms with E-state index in [1.165, 1.54) is 23.5 Å². The number of thiazole rings is 1. The van der Waals surface area contributed by atoms with Crippen molar-refractivity contribution < 1.29 is 22.7 Å². The smallest absolute Gasteiger partial charge is 0.379 e. The molecule has 0 unspecified atom stereocenters. The molecule has 4 rings (SSSR count). The number of anilines is 1. The first-order valence-corrected chi connectivity index (χ1v) is 11.8. The van der Waals surface area contributed by atoms with E-state index in [9.17, 15) is 18.0 Å². The van der Waals surface area contributed by atoms with Crippen molar-refractivity contribution in [3.63, 3.8) is 0 Å². The number of alkyl halides is 3. The largest absolute Gasteiger partial charge is 0.416 e. The van der Waals surface area contributed by atoms with Gasteiger partial charge in [0.15, 0.2) is 5.13 Å². The maximum Gasteiger partial charge on any atom is 0.416 e. The van der Waals surface area contributed by atoms with Crippen LogP contribution in [0.2, 0.25) is 0 Å². The first kappa shape index (κ1) is 25.9. The number of carbonyl (C=O) groups excluding carboxylic acids is 1. The normalized spacial score (nSPS) is 14.8. The fraction of sp³-hybridized carbons (Fsp3) is 0.364. The van der Waals surface area contributed by atoms with Gasteiger partial charge < -0.3 is 4.74 Å². The van der Waals surface area contributed by atoms with Crippen LogP contribution in [-0.2, 0) is 10.9 Å². The van der Waals surface area contributed by atoms with Crippen molar-refractivity contribution in [2.24, 2.45) is 0 Å². The van der Waals surface area contributed by atoms with Gasteiger partial charge in [0.05, 0.1) is 29.0 Å². The highest BCUT2D eigenvalue weighted by molar-refractivity contribution is 9.10. The molecule has 0 saturated carbocycles. The van der Waals surface area contributed by atoms with Crippen LogP contribution in [0.4, 0.5) is 18.3 Å². The van der Waals surface area contributed by atoms with Gasteiger partial charge in [-0.25, -0.2) is 4.98 Å². The van der Waals surface area contributed by atoms with Crippen LogP contribution in [-0.4, -0.2) is 55.2 Å². The fourth-order valence-corrected chi connectivity index (χ4v) is 5.06. The van der Waals surface area contributed by atoms with E-state index in [0.717, 1.165) is 46.5 Å². The van der Waals surface area contributed by atoms with E-state index >= 15 is 0 Å². The summed E-state index contributed by atoms with van der Waals surface area (Å²) in [5.41, 5.74) is 0.189. The molecule has 33 heavy (non-hydrogen) atoms. The first-order chi connectivity index (χ1) is 15.3.